The second-order valence-corrected chi connectivity index (χ2v) is 6.59. The maximum Gasteiger partial charge on any atom is 0.329 e. The Labute approximate surface area is 162 Å². The number of carbonyl (C=O) groups is 1. The number of aromatic nitrogens is 2. The first-order valence-electron chi connectivity index (χ1n) is 9.16. The largest absolute Gasteiger partial charge is 0.491 e. The van der Waals surface area contributed by atoms with Crippen molar-refractivity contribution >= 4 is 27.7 Å². The van der Waals surface area contributed by atoms with Crippen molar-refractivity contribution in [2.24, 2.45) is 7.05 Å². The molecular weight excluding hydrogens is 354 g/mol. The summed E-state index contributed by atoms with van der Waals surface area (Å²) < 4.78 is 8.86. The molecule has 0 unspecified atom stereocenters. The van der Waals surface area contributed by atoms with Crippen LogP contribution in [0.3, 0.4) is 0 Å². The maximum atomic E-state index is 12.4. The monoisotopic (exact) mass is 375 g/mol. The summed E-state index contributed by atoms with van der Waals surface area (Å²) >= 11 is 0. The lowest BCUT2D eigenvalue weighted by atomic mass is 10.1. The Morgan fingerprint density at radius 3 is 2.54 bits per heavy atom. The molecule has 1 N–H and O–H groups in total. The summed E-state index contributed by atoms with van der Waals surface area (Å²) in [6.07, 6.45) is 0. The third-order valence-corrected chi connectivity index (χ3v) is 4.78. The van der Waals surface area contributed by atoms with Gasteiger partial charge in [0.2, 0.25) is 5.91 Å². The molecule has 4 aromatic rings. The van der Waals surface area contributed by atoms with E-state index in [9.17, 15) is 9.59 Å². The molecule has 0 aliphatic rings. The highest BCUT2D eigenvalue weighted by Gasteiger charge is 2.12. The molecule has 0 atom stereocenters. The van der Waals surface area contributed by atoms with Gasteiger partial charge in [0.1, 0.15) is 18.9 Å². The van der Waals surface area contributed by atoms with Gasteiger partial charge in [-0.2, -0.15) is 0 Å². The molecule has 0 radical (unpaired) electrons. The van der Waals surface area contributed by atoms with E-state index in [1.165, 1.54) is 4.57 Å². The molecule has 28 heavy (non-hydrogen) atoms. The molecule has 142 valence electrons. The van der Waals surface area contributed by atoms with Crippen LogP contribution >= 0.6 is 0 Å². The number of imidazole rings is 1. The van der Waals surface area contributed by atoms with E-state index in [4.69, 9.17) is 4.74 Å². The molecule has 0 aliphatic carbocycles. The highest BCUT2D eigenvalue weighted by Crippen LogP contribution is 2.24. The normalized spacial score (nSPS) is 11.0. The first-order valence-corrected chi connectivity index (χ1v) is 9.16. The Bertz CT molecular complexity index is 1200. The molecule has 0 fully saturated rings. The zero-order valence-corrected chi connectivity index (χ0v) is 15.6. The Hall–Kier alpha value is -3.54. The fourth-order valence-corrected chi connectivity index (χ4v) is 3.39. The van der Waals surface area contributed by atoms with Crippen LogP contribution in [0.4, 0.5) is 0 Å². The standard InChI is InChI=1S/C22H21N3O3/c1-24-18-10-4-5-11-19(18)25(22(24)27)15-21(26)23-13-14-28-20-12-6-8-16-7-2-3-9-17(16)20/h2-12H,13-15H2,1H3,(H,23,26). The number of nitrogens with one attached hydrogen (secondary N) is 1. The number of carbonyl (C=O) groups excluding carboxylic acids is 1. The number of fused-ring (bicyclic) bond motifs is 2. The van der Waals surface area contributed by atoms with E-state index in [1.54, 1.807) is 11.6 Å². The third-order valence-electron chi connectivity index (χ3n) is 4.78. The van der Waals surface area contributed by atoms with Crippen molar-refractivity contribution in [1.29, 1.82) is 0 Å². The van der Waals surface area contributed by atoms with Gasteiger partial charge in [-0.1, -0.05) is 48.5 Å². The van der Waals surface area contributed by atoms with Crippen molar-refractivity contribution in [1.82, 2.24) is 14.5 Å². The lowest BCUT2D eigenvalue weighted by Crippen LogP contribution is -2.34. The predicted molar refractivity (Wildman–Crippen MR) is 110 cm³/mol. The Morgan fingerprint density at radius 1 is 0.964 bits per heavy atom. The van der Waals surface area contributed by atoms with Crippen LogP contribution in [0.2, 0.25) is 0 Å². The van der Waals surface area contributed by atoms with E-state index < -0.39 is 0 Å². The lowest BCUT2D eigenvalue weighted by Gasteiger charge is -2.10. The summed E-state index contributed by atoms with van der Waals surface area (Å²) in [6, 6.07) is 21.3. The number of aryl methyl sites for hydroxylation is 1. The molecule has 1 aromatic heterocycles. The highest BCUT2D eigenvalue weighted by atomic mass is 16.5. The van der Waals surface area contributed by atoms with Gasteiger partial charge < -0.3 is 10.1 Å². The number of rotatable bonds is 6. The Balaban J connectivity index is 1.37. The van der Waals surface area contributed by atoms with Gasteiger partial charge in [0.15, 0.2) is 0 Å². The third kappa shape index (κ3) is 3.36. The number of nitrogens with zero attached hydrogens (tertiary/aromatic N) is 2. The molecule has 1 amide bonds. The maximum absolute atomic E-state index is 12.4. The molecule has 1 heterocycles. The Kier molecular flexibility index (Phi) is 4.85. The SMILES string of the molecule is Cn1c(=O)n(CC(=O)NCCOc2cccc3ccccc23)c2ccccc21. The van der Waals surface area contributed by atoms with Crippen molar-refractivity contribution < 1.29 is 9.53 Å². The predicted octanol–water partition coefficient (Wildman–Crippen LogP) is 2.69. The van der Waals surface area contributed by atoms with Crippen molar-refractivity contribution in [2.45, 2.75) is 6.54 Å². The summed E-state index contributed by atoms with van der Waals surface area (Å²) in [5, 5.41) is 4.97. The summed E-state index contributed by atoms with van der Waals surface area (Å²) in [5.41, 5.74) is 1.35. The number of amides is 1. The smallest absolute Gasteiger partial charge is 0.329 e. The van der Waals surface area contributed by atoms with Gasteiger partial charge in [-0.3, -0.25) is 13.9 Å². The second-order valence-electron chi connectivity index (χ2n) is 6.59. The van der Waals surface area contributed by atoms with Gasteiger partial charge in [-0.05, 0) is 23.6 Å². The quantitative estimate of drug-likeness (QED) is 0.527. The molecule has 4 rings (SSSR count). The summed E-state index contributed by atoms with van der Waals surface area (Å²) in [6.45, 7) is 0.695. The van der Waals surface area contributed by atoms with E-state index in [-0.39, 0.29) is 18.1 Å². The summed E-state index contributed by atoms with van der Waals surface area (Å²) in [5.74, 6) is 0.567. The first kappa shape index (κ1) is 17.9. The number of hydrogen-bond donors (Lipinski definition) is 1. The molecule has 0 aliphatic heterocycles. The molecule has 0 saturated heterocycles. The van der Waals surface area contributed by atoms with Crippen LogP contribution < -0.4 is 15.7 Å². The van der Waals surface area contributed by atoms with Crippen LogP contribution in [0.25, 0.3) is 21.8 Å². The van der Waals surface area contributed by atoms with Crippen LogP contribution in [0, 0.1) is 0 Å². The van der Waals surface area contributed by atoms with E-state index >= 15 is 0 Å². The zero-order chi connectivity index (χ0) is 19.5. The molecule has 6 heteroatoms. The van der Waals surface area contributed by atoms with Crippen LogP contribution in [0.1, 0.15) is 0 Å². The molecule has 0 bridgehead atoms. The minimum atomic E-state index is -0.222. The fourth-order valence-electron chi connectivity index (χ4n) is 3.39. The van der Waals surface area contributed by atoms with Crippen LogP contribution in [-0.4, -0.2) is 28.2 Å². The van der Waals surface area contributed by atoms with Gasteiger partial charge in [0.25, 0.3) is 0 Å². The fraction of sp³-hybridized carbons (Fsp3) is 0.182. The van der Waals surface area contributed by atoms with Crippen molar-refractivity contribution in [3.8, 4) is 5.75 Å². The molecular formula is C22H21N3O3. The van der Waals surface area contributed by atoms with Crippen LogP contribution in [-0.2, 0) is 18.4 Å². The average molecular weight is 375 g/mol. The highest BCUT2D eigenvalue weighted by molar-refractivity contribution is 5.88. The second kappa shape index (κ2) is 7.60. The average Bonchev–Trinajstić information content (AvgIpc) is 2.96. The minimum Gasteiger partial charge on any atom is -0.491 e. The van der Waals surface area contributed by atoms with E-state index in [0.717, 1.165) is 27.6 Å². The van der Waals surface area contributed by atoms with Gasteiger partial charge >= 0.3 is 5.69 Å². The van der Waals surface area contributed by atoms with Crippen molar-refractivity contribution in [3.63, 3.8) is 0 Å². The van der Waals surface area contributed by atoms with Crippen molar-refractivity contribution in [3.05, 3.63) is 77.2 Å². The van der Waals surface area contributed by atoms with Crippen molar-refractivity contribution in [2.75, 3.05) is 13.2 Å². The van der Waals surface area contributed by atoms with Crippen LogP contribution in [0.15, 0.2) is 71.5 Å². The lowest BCUT2D eigenvalue weighted by molar-refractivity contribution is -0.121. The first-order chi connectivity index (χ1) is 13.6. The molecule has 0 spiro atoms. The molecule has 3 aromatic carbocycles. The van der Waals surface area contributed by atoms with Gasteiger partial charge in [-0.25, -0.2) is 4.79 Å². The minimum absolute atomic E-state index is 0.0194. The number of ether oxygens (including phenoxy) is 1. The topological polar surface area (TPSA) is 65.3 Å². The van der Waals surface area contributed by atoms with Gasteiger partial charge in [0, 0.05) is 12.4 Å². The summed E-state index contributed by atoms with van der Waals surface area (Å²) in [4.78, 5) is 24.7. The van der Waals surface area contributed by atoms with Crippen LogP contribution in [0.5, 0.6) is 5.75 Å². The molecule has 6 nitrogen and oxygen atoms in total. The van der Waals surface area contributed by atoms with E-state index in [1.807, 2.05) is 66.7 Å². The van der Waals surface area contributed by atoms with E-state index in [2.05, 4.69) is 5.32 Å². The summed E-state index contributed by atoms with van der Waals surface area (Å²) in [7, 11) is 1.71. The molecule has 0 saturated carbocycles. The van der Waals surface area contributed by atoms with Gasteiger partial charge in [-0.15, -0.1) is 0 Å². The number of hydrogen-bond acceptors (Lipinski definition) is 3. The Morgan fingerprint density at radius 2 is 1.68 bits per heavy atom. The number of para-hydroxylation sites is 2. The van der Waals surface area contributed by atoms with Gasteiger partial charge in [0.05, 0.1) is 17.6 Å². The van der Waals surface area contributed by atoms with E-state index in [0.29, 0.717) is 13.2 Å². The zero-order valence-electron chi connectivity index (χ0n) is 15.6. The number of benzene rings is 3.